The third kappa shape index (κ3) is 137. The average Bonchev–Trinajstić information content (AvgIpc) is 2.41. The van der Waals surface area contributed by atoms with E-state index in [2.05, 4.69) is 66.8 Å². The Balaban J connectivity index is -0.0000000545. The maximum absolute atomic E-state index is 3.56. The minimum atomic E-state index is 0.638. The molecular weight excluding hydrogens is 248 g/mol. The van der Waals surface area contributed by atoms with Crippen molar-refractivity contribution < 1.29 is 0 Å². The highest BCUT2D eigenvalue weighted by Crippen LogP contribution is 1.92. The van der Waals surface area contributed by atoms with Gasteiger partial charge in [-0.15, -0.1) is 0 Å². The number of hydrogen-bond donors (Lipinski definition) is 1. The molecule has 0 aliphatic carbocycles. The first-order valence-electron chi connectivity index (χ1n) is 7.51. The van der Waals surface area contributed by atoms with Gasteiger partial charge in [0.1, 0.15) is 0 Å². The lowest BCUT2D eigenvalue weighted by Crippen LogP contribution is -1.74. The van der Waals surface area contributed by atoms with E-state index < -0.39 is 0 Å². The van der Waals surface area contributed by atoms with E-state index in [-0.39, 0.29) is 0 Å². The molecule has 0 saturated heterocycles. The van der Waals surface area contributed by atoms with Gasteiger partial charge in [-0.05, 0) is 12.2 Å². The van der Waals surface area contributed by atoms with E-state index in [1.54, 1.807) is 12.3 Å². The largest absolute Gasteiger partial charge is 0.183 e. The summed E-state index contributed by atoms with van der Waals surface area (Å²) >= 11 is 3.53. The van der Waals surface area contributed by atoms with Gasteiger partial charge < -0.3 is 0 Å². The smallest absolute Gasteiger partial charge is 0.0215 e. The Hall–Kier alpha value is -0.430. The van der Waals surface area contributed by atoms with E-state index in [9.17, 15) is 0 Å². The summed E-state index contributed by atoms with van der Waals surface area (Å²) in [6.07, 6.45) is 14.0. The summed E-state index contributed by atoms with van der Waals surface area (Å²) in [7, 11) is 0. The van der Waals surface area contributed by atoms with Crippen LogP contribution in [0.1, 0.15) is 68.2 Å². The topological polar surface area (TPSA) is 0 Å². The highest BCUT2D eigenvalue weighted by atomic mass is 32.1. The van der Waals surface area contributed by atoms with E-state index in [0.29, 0.717) is 5.92 Å². The predicted molar refractivity (Wildman–Crippen MR) is 102 cm³/mol. The summed E-state index contributed by atoms with van der Waals surface area (Å²) in [4.78, 5) is 0. The Labute approximate surface area is 130 Å². The van der Waals surface area contributed by atoms with Gasteiger partial charge in [0.05, 0.1) is 0 Å². The van der Waals surface area contributed by atoms with E-state index >= 15 is 0 Å². The monoisotopic (exact) mass is 288 g/mol. The second-order valence-electron chi connectivity index (χ2n) is 3.66. The van der Waals surface area contributed by atoms with Crippen molar-refractivity contribution in [2.45, 2.75) is 68.2 Å². The van der Waals surface area contributed by atoms with E-state index in [1.807, 2.05) is 32.1 Å². The first-order valence-corrected chi connectivity index (χ1v) is 8.40. The van der Waals surface area contributed by atoms with Crippen molar-refractivity contribution >= 4 is 12.6 Å². The normalized spacial score (nSPS) is 8.16. The molecule has 0 aliphatic rings. The quantitative estimate of drug-likeness (QED) is 0.407. The zero-order chi connectivity index (χ0) is 16.5. The van der Waals surface area contributed by atoms with Gasteiger partial charge in [-0.25, -0.2) is 0 Å². The Morgan fingerprint density at radius 1 is 0.842 bits per heavy atom. The molecule has 0 saturated carbocycles. The van der Waals surface area contributed by atoms with Gasteiger partial charge in [0.25, 0.3) is 0 Å². The van der Waals surface area contributed by atoms with Crippen LogP contribution in [0.15, 0.2) is 37.0 Å². The van der Waals surface area contributed by atoms with Gasteiger partial charge in [0.2, 0.25) is 0 Å². The van der Waals surface area contributed by atoms with Crippen LogP contribution in [0, 0.1) is 5.92 Å². The SMILES string of the molecule is C=C/C=C\C=C/C(C)C.CC.CCC.CCC.CS. The lowest BCUT2D eigenvalue weighted by Gasteiger charge is -1.88. The van der Waals surface area contributed by atoms with Crippen LogP contribution in [0.4, 0.5) is 0 Å². The summed E-state index contributed by atoms with van der Waals surface area (Å²) in [6.45, 7) is 20.4. The van der Waals surface area contributed by atoms with Crippen molar-refractivity contribution in [1.29, 1.82) is 0 Å². The fourth-order valence-corrected chi connectivity index (χ4v) is 0.429. The van der Waals surface area contributed by atoms with Crippen LogP contribution in [-0.2, 0) is 0 Å². The molecular formula is C18H40S. The van der Waals surface area contributed by atoms with Gasteiger partial charge >= 0.3 is 0 Å². The Morgan fingerprint density at radius 3 is 1.37 bits per heavy atom. The molecule has 19 heavy (non-hydrogen) atoms. The second-order valence-corrected chi connectivity index (χ2v) is 3.66. The molecule has 0 N–H and O–H groups in total. The average molecular weight is 289 g/mol. The van der Waals surface area contributed by atoms with Crippen LogP contribution < -0.4 is 0 Å². The molecule has 1 heteroatoms. The predicted octanol–water partition coefficient (Wildman–Crippen LogP) is 7.35. The van der Waals surface area contributed by atoms with Crippen molar-refractivity contribution in [3.05, 3.63) is 37.0 Å². The Bertz CT molecular complexity index is 142. The molecule has 0 atom stereocenters. The van der Waals surface area contributed by atoms with E-state index in [4.69, 9.17) is 0 Å². The molecule has 0 aromatic rings. The molecule has 0 rings (SSSR count). The van der Waals surface area contributed by atoms with Gasteiger partial charge in [0.15, 0.2) is 0 Å². The van der Waals surface area contributed by atoms with Crippen LogP contribution in [0.2, 0.25) is 0 Å². The van der Waals surface area contributed by atoms with Crippen molar-refractivity contribution in [2.24, 2.45) is 5.92 Å². The molecule has 0 spiro atoms. The molecule has 0 fully saturated rings. The van der Waals surface area contributed by atoms with Crippen molar-refractivity contribution in [3.63, 3.8) is 0 Å². The fourth-order valence-electron chi connectivity index (χ4n) is 0.429. The number of thiol groups is 1. The minimum Gasteiger partial charge on any atom is -0.183 e. The first kappa shape index (κ1) is 31.1. The molecule has 0 aliphatic heterocycles. The van der Waals surface area contributed by atoms with E-state index in [0.717, 1.165) is 0 Å². The van der Waals surface area contributed by atoms with Gasteiger partial charge in [-0.3, -0.25) is 0 Å². The molecule has 0 unspecified atom stereocenters. The summed E-state index contributed by atoms with van der Waals surface area (Å²) < 4.78 is 0. The molecule has 0 aromatic carbocycles. The molecule has 0 nitrogen and oxygen atoms in total. The third-order valence-corrected chi connectivity index (χ3v) is 0.854. The fraction of sp³-hybridized carbons (Fsp3) is 0.667. The Morgan fingerprint density at radius 2 is 1.16 bits per heavy atom. The second kappa shape index (κ2) is 52.7. The zero-order valence-electron chi connectivity index (χ0n) is 15.0. The molecule has 0 bridgehead atoms. The molecule has 0 radical (unpaired) electrons. The molecule has 0 heterocycles. The standard InChI is InChI=1S/C9H14.2C3H8.C2H6.CH4S/c1-4-5-6-7-8-9(2)3;2*1-3-2;2*1-2/h4-9H,1H2,2-3H3;2*3H2,1-2H3;1-2H3;2H,1H3/b6-5-,8-7-;;;;. The number of hydrogen-bond acceptors (Lipinski definition) is 1. The van der Waals surface area contributed by atoms with Gasteiger partial charge in [-0.1, -0.05) is 105 Å². The lowest BCUT2D eigenvalue weighted by atomic mass is 10.2. The van der Waals surface area contributed by atoms with Crippen LogP contribution in [0.5, 0.6) is 0 Å². The summed E-state index contributed by atoms with van der Waals surface area (Å²) in [5.41, 5.74) is 0. The minimum absolute atomic E-state index is 0.638. The zero-order valence-corrected chi connectivity index (χ0v) is 15.9. The molecule has 0 aromatic heterocycles. The highest BCUT2D eigenvalue weighted by Gasteiger charge is 1.78. The van der Waals surface area contributed by atoms with Crippen LogP contribution in [0.3, 0.4) is 0 Å². The first-order chi connectivity index (χ1) is 9.10. The number of allylic oxidation sites excluding steroid dienone is 5. The van der Waals surface area contributed by atoms with Crippen LogP contribution in [0.25, 0.3) is 0 Å². The van der Waals surface area contributed by atoms with E-state index in [1.165, 1.54) is 12.8 Å². The summed E-state index contributed by atoms with van der Waals surface area (Å²) in [5.74, 6) is 0.638. The third-order valence-electron chi connectivity index (χ3n) is 0.854. The molecule has 118 valence electrons. The Kier molecular flexibility index (Phi) is 86.3. The van der Waals surface area contributed by atoms with Crippen LogP contribution >= 0.6 is 12.6 Å². The number of rotatable bonds is 3. The van der Waals surface area contributed by atoms with Crippen molar-refractivity contribution in [3.8, 4) is 0 Å². The van der Waals surface area contributed by atoms with Gasteiger partial charge in [0, 0.05) is 0 Å². The molecule has 0 amide bonds. The maximum Gasteiger partial charge on any atom is -0.0215 e. The van der Waals surface area contributed by atoms with Gasteiger partial charge in [-0.2, -0.15) is 12.6 Å². The maximum atomic E-state index is 3.56. The van der Waals surface area contributed by atoms with Crippen molar-refractivity contribution in [2.75, 3.05) is 6.26 Å². The summed E-state index contributed by atoms with van der Waals surface area (Å²) in [5, 5.41) is 0. The van der Waals surface area contributed by atoms with Crippen LogP contribution in [-0.4, -0.2) is 6.26 Å². The lowest BCUT2D eigenvalue weighted by molar-refractivity contribution is 0.832. The highest BCUT2D eigenvalue weighted by molar-refractivity contribution is 7.79. The summed E-state index contributed by atoms with van der Waals surface area (Å²) in [6, 6.07) is 0. The van der Waals surface area contributed by atoms with Crippen molar-refractivity contribution in [1.82, 2.24) is 0 Å².